The first-order chi connectivity index (χ1) is 16.0. The zero-order chi connectivity index (χ0) is 23.5. The zero-order valence-electron chi connectivity index (χ0n) is 18.4. The van der Waals surface area contributed by atoms with Crippen LogP contribution in [0.15, 0.2) is 69.4 Å². The minimum Gasteiger partial charge on any atom is -0.497 e. The van der Waals surface area contributed by atoms with Gasteiger partial charge in [0.15, 0.2) is 4.80 Å². The van der Waals surface area contributed by atoms with Crippen molar-refractivity contribution in [1.29, 1.82) is 0 Å². The number of esters is 1. The summed E-state index contributed by atoms with van der Waals surface area (Å²) >= 11 is 2.74. The van der Waals surface area contributed by atoms with E-state index in [1.54, 1.807) is 43.9 Å². The minimum absolute atomic E-state index is 0.0778. The van der Waals surface area contributed by atoms with Crippen LogP contribution in [0.5, 0.6) is 11.5 Å². The lowest BCUT2D eigenvalue weighted by Crippen LogP contribution is -2.39. The fourth-order valence-corrected chi connectivity index (χ4v) is 5.45. The van der Waals surface area contributed by atoms with Crippen molar-refractivity contribution in [2.75, 3.05) is 20.8 Å². The molecular formula is C24H22N2O5S2. The quantitative estimate of drug-likeness (QED) is 0.382. The summed E-state index contributed by atoms with van der Waals surface area (Å²) in [5.74, 6) is 0.724. The van der Waals surface area contributed by atoms with E-state index in [4.69, 9.17) is 14.2 Å². The maximum Gasteiger partial charge on any atom is 0.338 e. The molecule has 0 spiro atoms. The normalized spacial score (nSPS) is 15.6. The lowest BCUT2D eigenvalue weighted by Gasteiger charge is -2.23. The van der Waals surface area contributed by atoms with Crippen LogP contribution in [0.25, 0.3) is 6.08 Å². The van der Waals surface area contributed by atoms with Gasteiger partial charge in [-0.15, -0.1) is 11.3 Å². The topological polar surface area (TPSA) is 79.1 Å². The van der Waals surface area contributed by atoms with Crippen LogP contribution in [0.3, 0.4) is 0 Å². The summed E-state index contributed by atoms with van der Waals surface area (Å²) < 4.78 is 18.1. The fraction of sp³-hybridized carbons (Fsp3) is 0.208. The summed E-state index contributed by atoms with van der Waals surface area (Å²) in [6.45, 7) is 5.43. The molecule has 33 heavy (non-hydrogen) atoms. The largest absolute Gasteiger partial charge is 0.497 e. The number of benzene rings is 1. The molecule has 1 aromatic carbocycles. The summed E-state index contributed by atoms with van der Waals surface area (Å²) in [5.41, 5.74) is 1.37. The molecule has 1 aliphatic heterocycles. The molecule has 4 rings (SSSR count). The van der Waals surface area contributed by atoms with Gasteiger partial charge >= 0.3 is 5.97 Å². The highest BCUT2D eigenvalue weighted by atomic mass is 32.1. The van der Waals surface area contributed by atoms with E-state index in [1.165, 1.54) is 28.7 Å². The predicted molar refractivity (Wildman–Crippen MR) is 129 cm³/mol. The number of fused-ring (bicyclic) bond motifs is 1. The Kier molecular flexibility index (Phi) is 6.62. The molecule has 3 aromatic rings. The van der Waals surface area contributed by atoms with Gasteiger partial charge in [0.1, 0.15) is 24.1 Å². The molecule has 0 saturated heterocycles. The van der Waals surface area contributed by atoms with Gasteiger partial charge in [-0.25, -0.2) is 9.79 Å². The molecular weight excluding hydrogens is 460 g/mol. The standard InChI is InChI=1S/C24H22N2O5S2/c1-5-10-31-23(28)20-14(2)25-24-26(21(20)18-7-6-11-32-18)22(27)19(33-24)12-15-8-9-16(29-3)13-17(15)30-4/h5-9,11-13,21H,1,10H2,2-4H3/b19-12+. The van der Waals surface area contributed by atoms with Crippen molar-refractivity contribution in [2.24, 2.45) is 4.99 Å². The van der Waals surface area contributed by atoms with Crippen molar-refractivity contribution in [3.8, 4) is 11.5 Å². The van der Waals surface area contributed by atoms with E-state index in [2.05, 4.69) is 11.6 Å². The van der Waals surface area contributed by atoms with E-state index in [0.717, 1.165) is 10.4 Å². The van der Waals surface area contributed by atoms with Crippen LogP contribution in [-0.2, 0) is 9.53 Å². The summed E-state index contributed by atoms with van der Waals surface area (Å²) in [7, 11) is 3.14. The number of thiophene rings is 1. The number of methoxy groups -OCH3 is 2. The second-order valence-electron chi connectivity index (χ2n) is 7.09. The van der Waals surface area contributed by atoms with Crippen molar-refractivity contribution < 1.29 is 19.0 Å². The van der Waals surface area contributed by atoms with E-state index in [0.29, 0.717) is 32.1 Å². The summed E-state index contributed by atoms with van der Waals surface area (Å²) in [4.78, 5) is 32.4. The molecule has 0 fully saturated rings. The van der Waals surface area contributed by atoms with Gasteiger partial charge in [-0.05, 0) is 36.6 Å². The van der Waals surface area contributed by atoms with Gasteiger partial charge in [0.2, 0.25) is 0 Å². The Labute approximate surface area is 198 Å². The maximum absolute atomic E-state index is 13.6. The van der Waals surface area contributed by atoms with Crippen molar-refractivity contribution in [3.05, 3.63) is 89.8 Å². The molecule has 0 bridgehead atoms. The van der Waals surface area contributed by atoms with E-state index in [1.807, 2.05) is 23.6 Å². The Morgan fingerprint density at radius 1 is 1.27 bits per heavy atom. The molecule has 9 heteroatoms. The predicted octanol–water partition coefficient (Wildman–Crippen LogP) is 3.04. The monoisotopic (exact) mass is 482 g/mol. The summed E-state index contributed by atoms with van der Waals surface area (Å²) in [5, 5.41) is 1.91. The first-order valence-electron chi connectivity index (χ1n) is 10.0. The minimum atomic E-state index is -0.613. The molecule has 0 aliphatic carbocycles. The molecule has 0 N–H and O–H groups in total. The Morgan fingerprint density at radius 3 is 2.76 bits per heavy atom. The third kappa shape index (κ3) is 4.29. The van der Waals surface area contributed by atoms with Gasteiger partial charge in [0, 0.05) is 16.5 Å². The number of hydrogen-bond donors (Lipinski definition) is 0. The van der Waals surface area contributed by atoms with Crippen LogP contribution >= 0.6 is 22.7 Å². The molecule has 0 radical (unpaired) electrons. The molecule has 1 atom stereocenters. The fourth-order valence-electron chi connectivity index (χ4n) is 3.59. The number of rotatable bonds is 7. The van der Waals surface area contributed by atoms with Crippen LogP contribution in [-0.4, -0.2) is 31.4 Å². The first-order valence-corrected chi connectivity index (χ1v) is 11.7. The number of nitrogens with zero attached hydrogens (tertiary/aromatic N) is 2. The van der Waals surface area contributed by atoms with E-state index in [-0.39, 0.29) is 12.2 Å². The maximum atomic E-state index is 13.6. The third-order valence-corrected chi connectivity index (χ3v) is 7.02. The second kappa shape index (κ2) is 9.60. The van der Waals surface area contributed by atoms with E-state index in [9.17, 15) is 9.59 Å². The highest BCUT2D eigenvalue weighted by Crippen LogP contribution is 2.33. The second-order valence-corrected chi connectivity index (χ2v) is 9.08. The highest BCUT2D eigenvalue weighted by Gasteiger charge is 2.33. The van der Waals surface area contributed by atoms with Gasteiger partial charge in [-0.3, -0.25) is 9.36 Å². The van der Waals surface area contributed by atoms with Crippen LogP contribution in [0, 0.1) is 0 Å². The lowest BCUT2D eigenvalue weighted by atomic mass is 10.0. The number of ether oxygens (including phenoxy) is 3. The number of hydrogen-bond acceptors (Lipinski definition) is 8. The third-order valence-electron chi connectivity index (χ3n) is 5.11. The van der Waals surface area contributed by atoms with Gasteiger partial charge in [0.05, 0.1) is 30.0 Å². The van der Waals surface area contributed by atoms with Crippen molar-refractivity contribution in [3.63, 3.8) is 0 Å². The number of aromatic nitrogens is 1. The van der Waals surface area contributed by atoms with Gasteiger partial charge in [-0.2, -0.15) is 0 Å². The molecule has 1 unspecified atom stereocenters. The van der Waals surface area contributed by atoms with Crippen LogP contribution < -0.4 is 24.4 Å². The average Bonchev–Trinajstić information content (AvgIpc) is 3.45. The summed E-state index contributed by atoms with van der Waals surface area (Å²) in [6, 6.07) is 8.57. The molecule has 1 aliphatic rings. The SMILES string of the molecule is C=CCOC(=O)C1=C(C)N=c2s/c(=C/c3ccc(OC)cc3OC)c(=O)n2C1c1cccs1. The zero-order valence-corrected chi connectivity index (χ0v) is 20.0. The van der Waals surface area contributed by atoms with Crippen LogP contribution in [0.1, 0.15) is 23.4 Å². The van der Waals surface area contributed by atoms with Gasteiger partial charge < -0.3 is 14.2 Å². The van der Waals surface area contributed by atoms with Crippen molar-refractivity contribution >= 4 is 34.7 Å². The molecule has 7 nitrogen and oxygen atoms in total. The van der Waals surface area contributed by atoms with Crippen molar-refractivity contribution in [2.45, 2.75) is 13.0 Å². The van der Waals surface area contributed by atoms with Crippen LogP contribution in [0.4, 0.5) is 0 Å². The summed E-state index contributed by atoms with van der Waals surface area (Å²) in [6.07, 6.45) is 3.27. The lowest BCUT2D eigenvalue weighted by molar-refractivity contribution is -0.138. The van der Waals surface area contributed by atoms with E-state index < -0.39 is 12.0 Å². The Hall–Kier alpha value is -3.43. The van der Waals surface area contributed by atoms with Gasteiger partial charge in [-0.1, -0.05) is 30.1 Å². The van der Waals surface area contributed by atoms with E-state index >= 15 is 0 Å². The average molecular weight is 483 g/mol. The highest BCUT2D eigenvalue weighted by molar-refractivity contribution is 7.10. The van der Waals surface area contributed by atoms with Gasteiger partial charge in [0.25, 0.3) is 5.56 Å². The Morgan fingerprint density at radius 2 is 2.09 bits per heavy atom. The Balaban J connectivity index is 1.90. The van der Waals surface area contributed by atoms with Crippen LogP contribution in [0.2, 0.25) is 0 Å². The molecule has 0 saturated carbocycles. The number of carbonyl (C=O) groups excluding carboxylic acids is 1. The Bertz CT molecular complexity index is 1410. The first kappa shape index (κ1) is 22.8. The number of carbonyl (C=O) groups is 1. The molecule has 0 amide bonds. The molecule has 3 heterocycles. The molecule has 170 valence electrons. The number of thiazole rings is 1. The molecule has 2 aromatic heterocycles. The van der Waals surface area contributed by atoms with Crippen molar-refractivity contribution in [1.82, 2.24) is 4.57 Å². The smallest absolute Gasteiger partial charge is 0.338 e. The number of allylic oxidation sites excluding steroid dienone is 1.